The zero-order valence-electron chi connectivity index (χ0n) is 20.3. The number of likely N-dealkylation sites (N-methyl/N-ethyl adjacent to an activating group) is 1. The molecule has 186 valence electrons. The Morgan fingerprint density at radius 2 is 1.88 bits per heavy atom. The zero-order chi connectivity index (χ0) is 25.0. The first-order chi connectivity index (χ1) is 16.0. The summed E-state index contributed by atoms with van der Waals surface area (Å²) in [7, 11) is 3.35. The van der Waals surface area contributed by atoms with E-state index < -0.39 is 17.8 Å². The van der Waals surface area contributed by atoms with E-state index in [2.05, 4.69) is 9.88 Å². The number of methoxy groups -OCH3 is 1. The number of hydrogen-bond donors (Lipinski definition) is 0. The molecule has 0 bridgehead atoms. The van der Waals surface area contributed by atoms with Gasteiger partial charge < -0.3 is 14.4 Å². The minimum atomic E-state index is -4.55. The average molecular weight is 480 g/mol. The molecule has 1 atom stereocenters. The van der Waals surface area contributed by atoms with Crippen molar-refractivity contribution in [2.75, 3.05) is 27.2 Å². The first-order valence-corrected chi connectivity index (χ1v) is 11.3. The maximum atomic E-state index is 13.2. The highest BCUT2D eigenvalue weighted by Crippen LogP contribution is 2.36. The third-order valence-electron chi connectivity index (χ3n) is 6.42. The molecule has 1 amide bonds. The van der Waals surface area contributed by atoms with Crippen molar-refractivity contribution in [2.45, 2.75) is 58.5 Å². The number of halogens is 3. The van der Waals surface area contributed by atoms with Crippen molar-refractivity contribution in [2.24, 2.45) is 0 Å². The van der Waals surface area contributed by atoms with Crippen molar-refractivity contribution < 1.29 is 27.4 Å². The lowest BCUT2D eigenvalue weighted by Gasteiger charge is -2.37. The molecule has 1 saturated heterocycles. The highest BCUT2D eigenvalue weighted by Gasteiger charge is 2.35. The van der Waals surface area contributed by atoms with Crippen molar-refractivity contribution in [1.82, 2.24) is 14.8 Å². The van der Waals surface area contributed by atoms with Crippen molar-refractivity contribution in [1.29, 1.82) is 0 Å². The van der Waals surface area contributed by atoms with E-state index in [9.17, 15) is 18.0 Å². The molecule has 34 heavy (non-hydrogen) atoms. The molecule has 1 fully saturated rings. The van der Waals surface area contributed by atoms with Gasteiger partial charge in [0.15, 0.2) is 6.10 Å². The van der Waals surface area contributed by atoms with Crippen LogP contribution in [0.1, 0.15) is 42.1 Å². The molecular formula is C25H32F3N3O3. The number of nitrogens with zero attached hydrogens (tertiary/aromatic N) is 3. The van der Waals surface area contributed by atoms with E-state index in [1.165, 1.54) is 25.1 Å². The largest absolute Gasteiger partial charge is 0.496 e. The molecule has 0 N–H and O–H groups in total. The molecule has 3 rings (SSSR count). The van der Waals surface area contributed by atoms with Crippen LogP contribution >= 0.6 is 0 Å². The number of carbonyl (C=O) groups excluding carboxylic acids is 1. The first-order valence-electron chi connectivity index (χ1n) is 11.3. The van der Waals surface area contributed by atoms with Crippen LogP contribution < -0.4 is 9.47 Å². The third kappa shape index (κ3) is 5.81. The Balaban J connectivity index is 1.57. The Labute approximate surface area is 198 Å². The van der Waals surface area contributed by atoms with E-state index >= 15 is 0 Å². The maximum absolute atomic E-state index is 13.2. The van der Waals surface area contributed by atoms with Crippen LogP contribution in [0.4, 0.5) is 13.2 Å². The van der Waals surface area contributed by atoms with E-state index in [4.69, 9.17) is 9.47 Å². The monoisotopic (exact) mass is 479 g/mol. The van der Waals surface area contributed by atoms with Gasteiger partial charge in [-0.3, -0.25) is 14.7 Å². The van der Waals surface area contributed by atoms with Gasteiger partial charge in [0, 0.05) is 50.0 Å². The predicted octanol–water partition coefficient (Wildman–Crippen LogP) is 4.62. The number of alkyl halides is 3. The SMILES string of the molecule is COc1c(C)cnc(CN2CCC(N(C)C(=O)C(C)Oc3ccccc3C(F)(F)F)CC2)c1C. The standard InChI is InChI=1S/C25H32F3N3O3/c1-16-14-29-21(17(2)23(16)33-5)15-31-12-10-19(11-13-31)30(4)24(32)18(3)34-22-9-7-6-8-20(22)25(26,27)28/h6-9,14,18-19H,10-13,15H2,1-5H3. The number of benzene rings is 1. The fraction of sp³-hybridized carbons (Fsp3) is 0.520. The lowest BCUT2D eigenvalue weighted by atomic mass is 10.0. The van der Waals surface area contributed by atoms with Gasteiger partial charge in [0.2, 0.25) is 0 Å². The lowest BCUT2D eigenvalue weighted by molar-refractivity contribution is -0.144. The van der Waals surface area contributed by atoms with Gasteiger partial charge in [-0.15, -0.1) is 0 Å². The maximum Gasteiger partial charge on any atom is 0.419 e. The van der Waals surface area contributed by atoms with Crippen LogP contribution in [-0.2, 0) is 17.5 Å². The van der Waals surface area contributed by atoms with Gasteiger partial charge in [-0.25, -0.2) is 0 Å². The fourth-order valence-electron chi connectivity index (χ4n) is 4.42. The second kappa shape index (κ2) is 10.6. The molecular weight excluding hydrogens is 447 g/mol. The summed E-state index contributed by atoms with van der Waals surface area (Å²) < 4.78 is 50.7. The number of likely N-dealkylation sites (tertiary alicyclic amines) is 1. The molecule has 0 radical (unpaired) electrons. The number of piperidine rings is 1. The number of para-hydroxylation sites is 1. The highest BCUT2D eigenvalue weighted by atomic mass is 19.4. The second-order valence-corrected chi connectivity index (χ2v) is 8.76. The quantitative estimate of drug-likeness (QED) is 0.580. The summed E-state index contributed by atoms with van der Waals surface area (Å²) in [5, 5.41) is 0. The van der Waals surface area contributed by atoms with Gasteiger partial charge in [-0.05, 0) is 45.7 Å². The molecule has 1 aromatic heterocycles. The van der Waals surface area contributed by atoms with Gasteiger partial charge in [0.05, 0.1) is 18.4 Å². The molecule has 1 aromatic carbocycles. The van der Waals surface area contributed by atoms with E-state index in [-0.39, 0.29) is 17.7 Å². The average Bonchev–Trinajstić information content (AvgIpc) is 2.80. The van der Waals surface area contributed by atoms with Crippen LogP contribution in [-0.4, -0.2) is 60.1 Å². The highest BCUT2D eigenvalue weighted by molar-refractivity contribution is 5.81. The normalized spacial score (nSPS) is 16.2. The van der Waals surface area contributed by atoms with E-state index in [1.807, 2.05) is 20.0 Å². The molecule has 2 aromatic rings. The van der Waals surface area contributed by atoms with E-state index in [0.29, 0.717) is 6.54 Å². The molecule has 1 unspecified atom stereocenters. The van der Waals surface area contributed by atoms with Gasteiger partial charge in [0.1, 0.15) is 11.5 Å². The molecule has 0 aliphatic carbocycles. The van der Waals surface area contributed by atoms with E-state index in [0.717, 1.165) is 54.6 Å². The summed E-state index contributed by atoms with van der Waals surface area (Å²) in [5.41, 5.74) is 2.11. The number of ether oxygens (including phenoxy) is 2. The van der Waals surface area contributed by atoms with Gasteiger partial charge >= 0.3 is 6.18 Å². The Morgan fingerprint density at radius 1 is 1.24 bits per heavy atom. The number of amides is 1. The number of rotatable bonds is 7. The molecule has 6 nitrogen and oxygen atoms in total. The first kappa shape index (κ1) is 25.8. The fourth-order valence-corrected chi connectivity index (χ4v) is 4.42. The van der Waals surface area contributed by atoms with Crippen LogP contribution in [0.25, 0.3) is 0 Å². The smallest absolute Gasteiger partial charge is 0.419 e. The number of hydrogen-bond acceptors (Lipinski definition) is 5. The second-order valence-electron chi connectivity index (χ2n) is 8.76. The van der Waals surface area contributed by atoms with Gasteiger partial charge in [-0.1, -0.05) is 12.1 Å². The summed E-state index contributed by atoms with van der Waals surface area (Å²) in [5.74, 6) is 0.179. The molecule has 2 heterocycles. The topological polar surface area (TPSA) is 54.9 Å². The zero-order valence-corrected chi connectivity index (χ0v) is 20.3. The molecule has 1 aliphatic heterocycles. The molecule has 0 spiro atoms. The predicted molar refractivity (Wildman–Crippen MR) is 123 cm³/mol. The van der Waals surface area contributed by atoms with Crippen LogP contribution in [0.2, 0.25) is 0 Å². The minimum Gasteiger partial charge on any atom is -0.496 e. The van der Waals surface area contributed by atoms with Gasteiger partial charge in [-0.2, -0.15) is 13.2 Å². The Bertz CT molecular complexity index is 1000. The van der Waals surface area contributed by atoms with Crippen LogP contribution in [0.3, 0.4) is 0 Å². The van der Waals surface area contributed by atoms with Crippen molar-refractivity contribution >= 4 is 5.91 Å². The van der Waals surface area contributed by atoms with Crippen molar-refractivity contribution in [3.63, 3.8) is 0 Å². The van der Waals surface area contributed by atoms with Gasteiger partial charge in [0.25, 0.3) is 5.91 Å². The summed E-state index contributed by atoms with van der Waals surface area (Å²) in [6.45, 7) is 7.72. The summed E-state index contributed by atoms with van der Waals surface area (Å²) >= 11 is 0. The van der Waals surface area contributed by atoms with Crippen molar-refractivity contribution in [3.8, 4) is 11.5 Å². The van der Waals surface area contributed by atoms with Crippen LogP contribution in [0.15, 0.2) is 30.5 Å². The van der Waals surface area contributed by atoms with Crippen molar-refractivity contribution in [3.05, 3.63) is 52.8 Å². The number of carbonyl (C=O) groups is 1. The van der Waals surface area contributed by atoms with Crippen LogP contribution in [0.5, 0.6) is 11.5 Å². The number of pyridine rings is 1. The Hall–Kier alpha value is -2.81. The summed E-state index contributed by atoms with van der Waals surface area (Å²) in [6.07, 6.45) is -2.24. The molecule has 0 saturated carbocycles. The Morgan fingerprint density at radius 3 is 2.50 bits per heavy atom. The lowest BCUT2D eigenvalue weighted by Crippen LogP contribution is -2.49. The van der Waals surface area contributed by atoms with Crippen LogP contribution in [0, 0.1) is 13.8 Å². The third-order valence-corrected chi connectivity index (χ3v) is 6.42. The Kier molecular flexibility index (Phi) is 8.07. The molecule has 9 heteroatoms. The summed E-state index contributed by atoms with van der Waals surface area (Å²) in [4.78, 5) is 21.4. The minimum absolute atomic E-state index is 0.00531. The molecule has 1 aliphatic rings. The number of aryl methyl sites for hydroxylation is 1. The summed E-state index contributed by atoms with van der Waals surface area (Å²) in [6, 6.07) is 4.94. The number of aromatic nitrogens is 1. The van der Waals surface area contributed by atoms with E-state index in [1.54, 1.807) is 19.1 Å².